The van der Waals surface area contributed by atoms with Crippen molar-refractivity contribution in [2.45, 2.75) is 18.7 Å². The van der Waals surface area contributed by atoms with Crippen LogP contribution in [-0.2, 0) is 10.0 Å². The largest absolute Gasteiger partial charge is 0.289 e. The second kappa shape index (κ2) is 8.33. The number of allylic oxidation sites excluding steroid dienone is 1. The van der Waals surface area contributed by atoms with Gasteiger partial charge < -0.3 is 0 Å². The number of nitrogens with zero attached hydrogens (tertiary/aromatic N) is 1. The lowest BCUT2D eigenvalue weighted by molar-refractivity contribution is 0.104. The van der Waals surface area contributed by atoms with Gasteiger partial charge in [-0.15, -0.1) is 0 Å². The summed E-state index contributed by atoms with van der Waals surface area (Å²) >= 11 is 0. The zero-order chi connectivity index (χ0) is 19.3. The molecule has 0 fully saturated rings. The third-order valence-electron chi connectivity index (χ3n) is 3.88. The Morgan fingerprint density at radius 2 is 1.54 bits per heavy atom. The standard InChI is InChI=1S/C19H19F2NO3S/c1-3-22(4-2)26(24,25)15-10-8-14(9-11-15)19(23)13-12-16-17(20)6-5-7-18(16)21/h5-13H,3-4H2,1-2H3/b13-12+. The first-order chi connectivity index (χ1) is 12.3. The van der Waals surface area contributed by atoms with Crippen molar-refractivity contribution in [3.8, 4) is 0 Å². The van der Waals surface area contributed by atoms with Crippen molar-refractivity contribution in [2.24, 2.45) is 0 Å². The first-order valence-corrected chi connectivity index (χ1v) is 9.51. The smallest absolute Gasteiger partial charge is 0.243 e. The molecule has 26 heavy (non-hydrogen) atoms. The third-order valence-corrected chi connectivity index (χ3v) is 5.95. The summed E-state index contributed by atoms with van der Waals surface area (Å²) in [5.74, 6) is -2.02. The Morgan fingerprint density at radius 3 is 2.04 bits per heavy atom. The van der Waals surface area contributed by atoms with Crippen LogP contribution in [0, 0.1) is 11.6 Å². The number of sulfonamides is 1. The lowest BCUT2D eigenvalue weighted by Crippen LogP contribution is -2.30. The van der Waals surface area contributed by atoms with E-state index >= 15 is 0 Å². The zero-order valence-corrected chi connectivity index (χ0v) is 15.3. The Balaban J connectivity index is 2.23. The molecule has 0 atom stereocenters. The van der Waals surface area contributed by atoms with Crippen LogP contribution < -0.4 is 0 Å². The Kier molecular flexibility index (Phi) is 6.39. The van der Waals surface area contributed by atoms with E-state index in [-0.39, 0.29) is 16.0 Å². The van der Waals surface area contributed by atoms with E-state index in [0.717, 1.165) is 24.3 Å². The van der Waals surface area contributed by atoms with Crippen molar-refractivity contribution in [1.29, 1.82) is 0 Å². The lowest BCUT2D eigenvalue weighted by Gasteiger charge is -2.18. The van der Waals surface area contributed by atoms with Crippen molar-refractivity contribution in [3.63, 3.8) is 0 Å². The molecule has 0 aliphatic carbocycles. The minimum Gasteiger partial charge on any atom is -0.289 e. The molecule has 0 spiro atoms. The predicted molar refractivity (Wildman–Crippen MR) is 96.3 cm³/mol. The highest BCUT2D eigenvalue weighted by Gasteiger charge is 2.21. The maximum Gasteiger partial charge on any atom is 0.243 e. The van der Waals surface area contributed by atoms with Gasteiger partial charge in [-0.2, -0.15) is 4.31 Å². The van der Waals surface area contributed by atoms with Crippen LogP contribution >= 0.6 is 0 Å². The van der Waals surface area contributed by atoms with Crippen LogP contribution in [-0.4, -0.2) is 31.6 Å². The zero-order valence-electron chi connectivity index (χ0n) is 14.4. The fourth-order valence-electron chi connectivity index (χ4n) is 2.43. The molecular formula is C19H19F2NO3S. The first-order valence-electron chi connectivity index (χ1n) is 8.07. The van der Waals surface area contributed by atoms with Crippen LogP contribution in [0.2, 0.25) is 0 Å². The predicted octanol–water partition coefficient (Wildman–Crippen LogP) is 3.89. The third kappa shape index (κ3) is 4.23. The number of carbonyl (C=O) groups excluding carboxylic acids is 1. The van der Waals surface area contributed by atoms with Crippen molar-refractivity contribution >= 4 is 21.9 Å². The van der Waals surface area contributed by atoms with E-state index in [1.807, 2.05) is 0 Å². The Hall–Kier alpha value is -2.38. The van der Waals surface area contributed by atoms with E-state index < -0.39 is 27.4 Å². The van der Waals surface area contributed by atoms with Crippen LogP contribution in [0.15, 0.2) is 53.4 Å². The van der Waals surface area contributed by atoms with Gasteiger partial charge in [0, 0.05) is 24.2 Å². The van der Waals surface area contributed by atoms with Crippen LogP contribution in [0.1, 0.15) is 29.8 Å². The van der Waals surface area contributed by atoms with Gasteiger partial charge in [0.15, 0.2) is 5.78 Å². The normalized spacial score (nSPS) is 12.0. The molecule has 2 rings (SSSR count). The van der Waals surface area contributed by atoms with Crippen molar-refractivity contribution in [2.75, 3.05) is 13.1 Å². The van der Waals surface area contributed by atoms with Crippen LogP contribution in [0.3, 0.4) is 0 Å². The fraction of sp³-hybridized carbons (Fsp3) is 0.211. The Labute approximate surface area is 151 Å². The highest BCUT2D eigenvalue weighted by Crippen LogP contribution is 2.18. The fourth-order valence-corrected chi connectivity index (χ4v) is 3.89. The van der Waals surface area contributed by atoms with Crippen molar-refractivity contribution in [3.05, 3.63) is 71.3 Å². The minimum absolute atomic E-state index is 0.0851. The van der Waals surface area contributed by atoms with E-state index in [1.54, 1.807) is 13.8 Å². The van der Waals surface area contributed by atoms with E-state index in [2.05, 4.69) is 0 Å². The highest BCUT2D eigenvalue weighted by molar-refractivity contribution is 7.89. The monoisotopic (exact) mass is 379 g/mol. The molecule has 0 heterocycles. The summed E-state index contributed by atoms with van der Waals surface area (Å²) in [4.78, 5) is 12.2. The molecule has 4 nitrogen and oxygen atoms in total. The van der Waals surface area contributed by atoms with Gasteiger partial charge in [0.1, 0.15) is 11.6 Å². The maximum atomic E-state index is 13.6. The number of ketones is 1. The molecule has 0 saturated carbocycles. The molecule has 0 aliphatic heterocycles. The van der Waals surface area contributed by atoms with Gasteiger partial charge in [0.2, 0.25) is 10.0 Å². The van der Waals surface area contributed by atoms with Crippen molar-refractivity contribution < 1.29 is 22.0 Å². The molecule has 138 valence electrons. The van der Waals surface area contributed by atoms with Gasteiger partial charge in [0.05, 0.1) is 4.90 Å². The maximum absolute atomic E-state index is 13.6. The molecular weight excluding hydrogens is 360 g/mol. The van der Waals surface area contributed by atoms with E-state index in [4.69, 9.17) is 0 Å². The lowest BCUT2D eigenvalue weighted by atomic mass is 10.1. The summed E-state index contributed by atoms with van der Waals surface area (Å²) in [5, 5.41) is 0. The average Bonchev–Trinajstić information content (AvgIpc) is 2.62. The molecule has 0 N–H and O–H groups in total. The number of halogens is 2. The highest BCUT2D eigenvalue weighted by atomic mass is 32.2. The topological polar surface area (TPSA) is 54.5 Å². The first kappa shape index (κ1) is 19.9. The molecule has 0 bridgehead atoms. The molecule has 0 aliphatic rings. The average molecular weight is 379 g/mol. The number of rotatable bonds is 7. The molecule has 0 saturated heterocycles. The number of hydrogen-bond acceptors (Lipinski definition) is 3. The molecule has 0 unspecified atom stereocenters. The van der Waals surface area contributed by atoms with Gasteiger partial charge >= 0.3 is 0 Å². The number of carbonyl (C=O) groups is 1. The van der Waals surface area contributed by atoms with Gasteiger partial charge in [-0.3, -0.25) is 4.79 Å². The van der Waals surface area contributed by atoms with Gasteiger partial charge in [0.25, 0.3) is 0 Å². The van der Waals surface area contributed by atoms with Gasteiger partial charge in [-0.25, -0.2) is 17.2 Å². The van der Waals surface area contributed by atoms with Crippen LogP contribution in [0.4, 0.5) is 8.78 Å². The van der Waals surface area contributed by atoms with Crippen molar-refractivity contribution in [1.82, 2.24) is 4.31 Å². The summed E-state index contributed by atoms with van der Waals surface area (Å²) in [5.41, 5.74) is -0.0851. The second-order valence-corrected chi connectivity index (χ2v) is 7.38. The minimum atomic E-state index is -3.61. The molecule has 2 aromatic carbocycles. The van der Waals surface area contributed by atoms with E-state index in [1.165, 1.54) is 34.6 Å². The molecule has 2 aromatic rings. The second-order valence-electron chi connectivity index (χ2n) is 5.45. The van der Waals surface area contributed by atoms with Gasteiger partial charge in [-0.1, -0.05) is 19.9 Å². The SMILES string of the molecule is CCN(CC)S(=O)(=O)c1ccc(C(=O)/C=C/c2c(F)cccc2F)cc1. The summed E-state index contributed by atoms with van der Waals surface area (Å²) < 4.78 is 53.2. The van der Waals surface area contributed by atoms with Crippen LogP contribution in [0.5, 0.6) is 0 Å². The molecule has 0 aromatic heterocycles. The number of hydrogen-bond donors (Lipinski definition) is 0. The Bertz CT molecular complexity index is 898. The number of benzene rings is 2. The summed E-state index contributed by atoms with van der Waals surface area (Å²) in [7, 11) is -3.61. The Morgan fingerprint density at radius 1 is 1.00 bits per heavy atom. The molecule has 7 heteroatoms. The molecule has 0 radical (unpaired) electrons. The summed E-state index contributed by atoms with van der Waals surface area (Å²) in [6.07, 6.45) is 2.11. The van der Waals surface area contributed by atoms with E-state index in [9.17, 15) is 22.0 Å². The summed E-state index contributed by atoms with van der Waals surface area (Å²) in [6.45, 7) is 4.17. The summed E-state index contributed by atoms with van der Waals surface area (Å²) in [6, 6.07) is 8.87. The molecule has 0 amide bonds. The van der Waals surface area contributed by atoms with Crippen LogP contribution in [0.25, 0.3) is 6.08 Å². The van der Waals surface area contributed by atoms with E-state index in [0.29, 0.717) is 13.1 Å². The quantitative estimate of drug-likeness (QED) is 0.542. The van der Waals surface area contributed by atoms with Gasteiger partial charge in [-0.05, 0) is 48.6 Å².